The number of hydrogen-bond acceptors (Lipinski definition) is 2. The second-order valence-corrected chi connectivity index (χ2v) is 6.74. The molecule has 1 aromatic carbocycles. The first kappa shape index (κ1) is 17.3. The smallest absolute Gasteiger partial charge is 0.227 e. The van der Waals surface area contributed by atoms with E-state index in [9.17, 15) is 9.59 Å². The summed E-state index contributed by atoms with van der Waals surface area (Å²) >= 11 is 0. The Balaban J connectivity index is 1.51. The highest BCUT2D eigenvalue weighted by Gasteiger charge is 2.28. The van der Waals surface area contributed by atoms with Crippen molar-refractivity contribution < 1.29 is 9.59 Å². The summed E-state index contributed by atoms with van der Waals surface area (Å²) in [4.78, 5) is 26.8. The van der Waals surface area contributed by atoms with Crippen molar-refractivity contribution in [1.29, 1.82) is 0 Å². The number of nitrogens with zero attached hydrogens (tertiary/aromatic N) is 2. The van der Waals surface area contributed by atoms with Crippen molar-refractivity contribution in [2.75, 3.05) is 13.1 Å². The first-order chi connectivity index (χ1) is 12.1. The summed E-state index contributed by atoms with van der Waals surface area (Å²) in [6.07, 6.45) is 6.09. The molecule has 2 aromatic rings. The Labute approximate surface area is 148 Å². The Hall–Kier alpha value is -2.56. The fourth-order valence-corrected chi connectivity index (χ4v) is 3.30. The van der Waals surface area contributed by atoms with E-state index in [0.717, 1.165) is 30.5 Å². The van der Waals surface area contributed by atoms with Gasteiger partial charge in [-0.25, -0.2) is 0 Å². The third-order valence-corrected chi connectivity index (χ3v) is 4.70. The van der Waals surface area contributed by atoms with E-state index in [-0.39, 0.29) is 17.7 Å². The Morgan fingerprint density at radius 3 is 2.68 bits per heavy atom. The van der Waals surface area contributed by atoms with Gasteiger partial charge in [-0.1, -0.05) is 30.3 Å². The van der Waals surface area contributed by atoms with Crippen LogP contribution in [-0.2, 0) is 29.6 Å². The first-order valence-electron chi connectivity index (χ1n) is 8.82. The molecule has 1 atom stereocenters. The maximum Gasteiger partial charge on any atom is 0.227 e. The van der Waals surface area contributed by atoms with Gasteiger partial charge in [0.1, 0.15) is 0 Å². The van der Waals surface area contributed by atoms with E-state index >= 15 is 0 Å². The van der Waals surface area contributed by atoms with Crippen molar-refractivity contribution in [1.82, 2.24) is 14.8 Å². The molecule has 5 nitrogen and oxygen atoms in total. The van der Waals surface area contributed by atoms with E-state index in [1.54, 1.807) is 0 Å². The summed E-state index contributed by atoms with van der Waals surface area (Å²) < 4.78 is 1.96. The molecule has 2 heterocycles. The van der Waals surface area contributed by atoms with Gasteiger partial charge in [0, 0.05) is 39.1 Å². The lowest BCUT2D eigenvalue weighted by molar-refractivity contribution is -0.135. The third kappa shape index (κ3) is 4.72. The minimum Gasteiger partial charge on any atom is -0.357 e. The standard InChI is InChI=1S/C20H25N3O2/c1-22-11-9-17(14-22)13-21-20(25)18-8-5-10-23(15-18)19(24)12-16-6-3-2-4-7-16/h2-4,6-7,9,11,14,18H,5,8,10,12-13,15H2,1H3,(H,21,25). The van der Waals surface area contributed by atoms with Gasteiger partial charge in [-0.05, 0) is 30.0 Å². The highest BCUT2D eigenvalue weighted by atomic mass is 16.2. The van der Waals surface area contributed by atoms with E-state index in [1.807, 2.05) is 65.3 Å². The monoisotopic (exact) mass is 339 g/mol. The molecule has 0 saturated carbocycles. The van der Waals surface area contributed by atoms with Crippen LogP contribution in [-0.4, -0.2) is 34.4 Å². The van der Waals surface area contributed by atoms with Gasteiger partial charge in [0.2, 0.25) is 11.8 Å². The van der Waals surface area contributed by atoms with E-state index < -0.39 is 0 Å². The topological polar surface area (TPSA) is 54.3 Å². The van der Waals surface area contributed by atoms with Gasteiger partial charge in [-0.2, -0.15) is 0 Å². The average Bonchev–Trinajstić information content (AvgIpc) is 3.06. The van der Waals surface area contributed by atoms with Crippen molar-refractivity contribution in [2.45, 2.75) is 25.8 Å². The van der Waals surface area contributed by atoms with Crippen molar-refractivity contribution in [3.63, 3.8) is 0 Å². The van der Waals surface area contributed by atoms with Gasteiger partial charge in [-0.3, -0.25) is 9.59 Å². The van der Waals surface area contributed by atoms with Crippen LogP contribution < -0.4 is 5.32 Å². The van der Waals surface area contributed by atoms with Gasteiger partial charge in [0.05, 0.1) is 12.3 Å². The SMILES string of the molecule is Cn1ccc(CNC(=O)C2CCCN(C(=O)Cc3ccccc3)C2)c1. The second kappa shape index (κ2) is 8.01. The van der Waals surface area contributed by atoms with Crippen LogP contribution in [0.3, 0.4) is 0 Å². The fraction of sp³-hybridized carbons (Fsp3) is 0.400. The van der Waals surface area contributed by atoms with Crippen molar-refractivity contribution >= 4 is 11.8 Å². The summed E-state index contributed by atoms with van der Waals surface area (Å²) in [6.45, 7) is 1.80. The number of hydrogen-bond donors (Lipinski definition) is 1. The number of nitrogens with one attached hydrogen (secondary N) is 1. The lowest BCUT2D eigenvalue weighted by Gasteiger charge is -2.32. The number of benzene rings is 1. The number of piperidine rings is 1. The number of amides is 2. The van der Waals surface area contributed by atoms with Crippen molar-refractivity contribution in [3.05, 3.63) is 59.9 Å². The van der Waals surface area contributed by atoms with E-state index in [4.69, 9.17) is 0 Å². The average molecular weight is 339 g/mol. The molecule has 2 amide bonds. The molecular formula is C20H25N3O2. The molecule has 25 heavy (non-hydrogen) atoms. The van der Waals surface area contributed by atoms with Gasteiger partial charge in [0.25, 0.3) is 0 Å². The van der Waals surface area contributed by atoms with Crippen LogP contribution in [0.5, 0.6) is 0 Å². The van der Waals surface area contributed by atoms with Crippen LogP contribution in [0.25, 0.3) is 0 Å². The summed E-state index contributed by atoms with van der Waals surface area (Å²) in [7, 11) is 1.96. The van der Waals surface area contributed by atoms with E-state index in [0.29, 0.717) is 19.5 Å². The highest BCUT2D eigenvalue weighted by molar-refractivity contribution is 5.82. The fourth-order valence-electron chi connectivity index (χ4n) is 3.30. The molecule has 1 aliphatic heterocycles. The zero-order chi connectivity index (χ0) is 17.6. The van der Waals surface area contributed by atoms with Crippen LogP contribution in [0.4, 0.5) is 0 Å². The molecule has 1 saturated heterocycles. The predicted molar refractivity (Wildman–Crippen MR) is 96.7 cm³/mol. The summed E-state index contributed by atoms with van der Waals surface area (Å²) in [5.74, 6) is 0.0324. The molecule has 1 unspecified atom stereocenters. The van der Waals surface area contributed by atoms with Crippen molar-refractivity contribution in [2.24, 2.45) is 13.0 Å². The zero-order valence-electron chi connectivity index (χ0n) is 14.6. The van der Waals surface area contributed by atoms with Gasteiger partial charge < -0.3 is 14.8 Å². The van der Waals surface area contributed by atoms with Crippen molar-refractivity contribution in [3.8, 4) is 0 Å². The van der Waals surface area contributed by atoms with Crippen LogP contribution in [0.1, 0.15) is 24.0 Å². The quantitative estimate of drug-likeness (QED) is 0.907. The van der Waals surface area contributed by atoms with Gasteiger partial charge >= 0.3 is 0 Å². The van der Waals surface area contributed by atoms with Gasteiger partial charge in [0.15, 0.2) is 0 Å². The Morgan fingerprint density at radius 1 is 1.16 bits per heavy atom. The van der Waals surface area contributed by atoms with E-state index in [1.165, 1.54) is 0 Å². The molecule has 3 rings (SSSR count). The lowest BCUT2D eigenvalue weighted by atomic mass is 9.96. The number of carbonyl (C=O) groups excluding carboxylic acids is 2. The minimum atomic E-state index is -0.114. The number of rotatable bonds is 5. The molecule has 5 heteroatoms. The maximum atomic E-state index is 12.5. The normalized spacial score (nSPS) is 17.3. The molecule has 1 N–H and O–H groups in total. The largest absolute Gasteiger partial charge is 0.357 e. The minimum absolute atomic E-state index is 0.0427. The molecular weight excluding hydrogens is 314 g/mol. The number of likely N-dealkylation sites (tertiary alicyclic amines) is 1. The summed E-state index contributed by atoms with van der Waals surface area (Å²) in [6, 6.07) is 11.8. The molecule has 0 bridgehead atoms. The van der Waals surface area contributed by atoms with Crippen LogP contribution in [0, 0.1) is 5.92 Å². The van der Waals surface area contributed by atoms with Crippen LogP contribution in [0.2, 0.25) is 0 Å². The first-order valence-corrected chi connectivity index (χ1v) is 8.82. The highest BCUT2D eigenvalue weighted by Crippen LogP contribution is 2.18. The maximum absolute atomic E-state index is 12.5. The Morgan fingerprint density at radius 2 is 1.96 bits per heavy atom. The number of aromatic nitrogens is 1. The Bertz CT molecular complexity index is 724. The molecule has 1 aromatic heterocycles. The number of carbonyl (C=O) groups is 2. The van der Waals surface area contributed by atoms with Crippen LogP contribution >= 0.6 is 0 Å². The third-order valence-electron chi connectivity index (χ3n) is 4.70. The van der Waals surface area contributed by atoms with Crippen LogP contribution in [0.15, 0.2) is 48.8 Å². The molecule has 1 fully saturated rings. The predicted octanol–water partition coefficient (Wildman–Crippen LogP) is 2.12. The molecule has 132 valence electrons. The number of aryl methyl sites for hydroxylation is 1. The second-order valence-electron chi connectivity index (χ2n) is 6.74. The zero-order valence-corrected chi connectivity index (χ0v) is 14.6. The molecule has 0 aliphatic carbocycles. The van der Waals surface area contributed by atoms with E-state index in [2.05, 4.69) is 5.32 Å². The molecule has 0 radical (unpaired) electrons. The lowest BCUT2D eigenvalue weighted by Crippen LogP contribution is -2.45. The Kier molecular flexibility index (Phi) is 5.53. The summed E-state index contributed by atoms with van der Waals surface area (Å²) in [5, 5.41) is 3.00. The van der Waals surface area contributed by atoms with Gasteiger partial charge in [-0.15, -0.1) is 0 Å². The molecule has 0 spiro atoms. The molecule has 1 aliphatic rings. The summed E-state index contributed by atoms with van der Waals surface area (Å²) in [5.41, 5.74) is 2.10.